The van der Waals surface area contributed by atoms with Crippen LogP contribution in [-0.2, 0) is 10.1 Å². The third kappa shape index (κ3) is 6.62. The molecule has 0 aliphatic carbocycles. The van der Waals surface area contributed by atoms with Crippen molar-refractivity contribution in [3.63, 3.8) is 0 Å². The molecule has 0 aromatic heterocycles. The Hall–Kier alpha value is -1.54. The summed E-state index contributed by atoms with van der Waals surface area (Å²) < 4.78 is 29.6. The van der Waals surface area contributed by atoms with Gasteiger partial charge in [0.15, 0.2) is 5.43 Å². The lowest BCUT2D eigenvalue weighted by atomic mass is 9.99. The van der Waals surface area contributed by atoms with Gasteiger partial charge >= 0.3 is 0 Å². The summed E-state index contributed by atoms with van der Waals surface area (Å²) >= 11 is 0. The third-order valence-corrected chi connectivity index (χ3v) is 4.14. The molecular weight excluding hydrogens is 318 g/mol. The van der Waals surface area contributed by atoms with Crippen LogP contribution in [0.2, 0.25) is 0 Å². The topological polar surface area (TPSA) is 118 Å². The van der Waals surface area contributed by atoms with Gasteiger partial charge < -0.3 is 10.8 Å². The molecule has 0 bridgehead atoms. The number of nitrogens with two attached hydrogens (primary N) is 1. The largest absolute Gasteiger partial charge is 0.387 e. The number of rotatable bonds is 5. The molecule has 0 saturated heterocycles. The summed E-state index contributed by atoms with van der Waals surface area (Å²) in [5, 5.41) is 9.46. The van der Waals surface area contributed by atoms with Crippen LogP contribution in [0.25, 0.3) is 0 Å². The molecule has 4 N–H and O–H groups in total. The van der Waals surface area contributed by atoms with Gasteiger partial charge in [-0.25, -0.2) is 0 Å². The Kier molecular flexibility index (Phi) is 6.64. The highest BCUT2D eigenvalue weighted by atomic mass is 32.2. The summed E-state index contributed by atoms with van der Waals surface area (Å²) in [7, 11) is -4.02. The molecule has 6 nitrogen and oxygen atoms in total. The monoisotopic (exact) mass is 341 g/mol. The van der Waals surface area contributed by atoms with E-state index >= 15 is 0 Å². The molecule has 2 aromatic rings. The van der Waals surface area contributed by atoms with E-state index in [1.165, 1.54) is 18.2 Å². The Labute approximate surface area is 136 Å². The van der Waals surface area contributed by atoms with Crippen molar-refractivity contribution in [1.29, 1.82) is 0 Å². The summed E-state index contributed by atoms with van der Waals surface area (Å²) in [6.45, 7) is 5.92. The fourth-order valence-electron chi connectivity index (χ4n) is 1.95. The van der Waals surface area contributed by atoms with Crippen LogP contribution in [0.1, 0.15) is 37.5 Å². The fraction of sp³-hybridized carbons (Fsp3) is 0.438. The van der Waals surface area contributed by atoms with Gasteiger partial charge in [-0.15, -0.1) is 0 Å². The molecule has 0 spiro atoms. The normalized spacial score (nSPS) is 14.4. The van der Waals surface area contributed by atoms with Gasteiger partial charge in [0.1, 0.15) is 0 Å². The highest BCUT2D eigenvalue weighted by Gasteiger charge is 2.24. The van der Waals surface area contributed by atoms with E-state index in [1.807, 2.05) is 20.8 Å². The number of aryl methyl sites for hydroxylation is 1. The zero-order chi connectivity index (χ0) is 17.8. The summed E-state index contributed by atoms with van der Waals surface area (Å²) in [5.74, 6) is 0.448. The van der Waals surface area contributed by atoms with E-state index in [-0.39, 0.29) is 16.4 Å². The number of benzene rings is 1. The van der Waals surface area contributed by atoms with Gasteiger partial charge in [0.25, 0.3) is 10.1 Å². The second-order valence-corrected chi connectivity index (χ2v) is 7.41. The SMILES string of the molecule is CC(C)C[C@H](N)[C@@H](O)c1cc1=O.Cc1ccc(S(=O)(=O)O)cc1. The molecule has 0 amide bonds. The average Bonchev–Trinajstić information content (AvgIpc) is 3.14. The minimum atomic E-state index is -4.02. The number of aliphatic hydroxyl groups excluding tert-OH is 1. The molecule has 0 fully saturated rings. The van der Waals surface area contributed by atoms with Crippen molar-refractivity contribution in [2.75, 3.05) is 0 Å². The second kappa shape index (κ2) is 7.83. The molecule has 2 atom stereocenters. The van der Waals surface area contributed by atoms with Crippen LogP contribution in [0, 0.1) is 12.8 Å². The molecule has 128 valence electrons. The molecule has 0 radical (unpaired) electrons. The van der Waals surface area contributed by atoms with Crippen LogP contribution in [-0.4, -0.2) is 24.1 Å². The van der Waals surface area contributed by atoms with Crippen LogP contribution in [0.15, 0.2) is 40.0 Å². The van der Waals surface area contributed by atoms with Gasteiger partial charge in [-0.05, 0) is 37.5 Å². The Balaban J connectivity index is 0.000000231. The first kappa shape index (κ1) is 19.5. The first-order valence-corrected chi connectivity index (χ1v) is 8.70. The molecule has 0 heterocycles. The van der Waals surface area contributed by atoms with Crippen molar-refractivity contribution in [2.45, 2.75) is 44.2 Å². The Bertz CT molecular complexity index is 727. The van der Waals surface area contributed by atoms with Gasteiger partial charge in [-0.2, -0.15) is 8.42 Å². The molecule has 0 unspecified atom stereocenters. The molecule has 2 aromatic carbocycles. The molecule has 23 heavy (non-hydrogen) atoms. The summed E-state index contributed by atoms with van der Waals surface area (Å²) in [5.41, 5.74) is 7.07. The molecule has 2 rings (SSSR count). The van der Waals surface area contributed by atoms with Crippen LogP contribution < -0.4 is 11.2 Å². The molecule has 0 saturated carbocycles. The van der Waals surface area contributed by atoms with E-state index in [2.05, 4.69) is 0 Å². The smallest absolute Gasteiger partial charge is 0.294 e. The first-order valence-electron chi connectivity index (χ1n) is 7.26. The fourth-order valence-corrected chi connectivity index (χ4v) is 2.43. The maximum atomic E-state index is 10.6. The van der Waals surface area contributed by atoms with Gasteiger partial charge in [0.05, 0.1) is 11.0 Å². The van der Waals surface area contributed by atoms with Crippen LogP contribution in [0.3, 0.4) is 0 Å². The Morgan fingerprint density at radius 3 is 2.00 bits per heavy atom. The lowest BCUT2D eigenvalue weighted by Crippen LogP contribution is -2.29. The average molecular weight is 341 g/mol. The van der Waals surface area contributed by atoms with Gasteiger partial charge in [-0.1, -0.05) is 31.5 Å². The van der Waals surface area contributed by atoms with Crippen molar-refractivity contribution >= 4 is 10.1 Å². The Morgan fingerprint density at radius 1 is 1.17 bits per heavy atom. The minimum Gasteiger partial charge on any atom is -0.387 e. The lowest BCUT2D eigenvalue weighted by molar-refractivity contribution is 0.138. The molecule has 7 heteroatoms. The van der Waals surface area contributed by atoms with Crippen molar-refractivity contribution in [3.05, 3.63) is 51.7 Å². The van der Waals surface area contributed by atoms with Crippen molar-refractivity contribution in [3.8, 4) is 0 Å². The van der Waals surface area contributed by atoms with E-state index in [1.54, 1.807) is 12.1 Å². The van der Waals surface area contributed by atoms with Gasteiger partial charge in [0.2, 0.25) is 0 Å². The van der Waals surface area contributed by atoms with E-state index in [0.717, 1.165) is 12.0 Å². The molecule has 0 aliphatic heterocycles. The maximum absolute atomic E-state index is 10.6. The lowest BCUT2D eigenvalue weighted by Gasteiger charge is -2.17. The zero-order valence-electron chi connectivity index (χ0n) is 13.4. The van der Waals surface area contributed by atoms with E-state index < -0.39 is 16.2 Å². The number of hydrogen-bond acceptors (Lipinski definition) is 5. The minimum absolute atomic E-state index is 0.0540. The highest BCUT2D eigenvalue weighted by molar-refractivity contribution is 7.85. The number of aliphatic hydroxyl groups is 1. The summed E-state index contributed by atoms with van der Waals surface area (Å²) in [4.78, 5) is 10.5. The van der Waals surface area contributed by atoms with Crippen molar-refractivity contribution < 1.29 is 18.1 Å². The summed E-state index contributed by atoms with van der Waals surface area (Å²) in [6, 6.07) is 7.12. The first-order chi connectivity index (χ1) is 10.5. The molecule has 0 aliphatic rings. The van der Waals surface area contributed by atoms with E-state index in [9.17, 15) is 18.3 Å². The Morgan fingerprint density at radius 2 is 1.65 bits per heavy atom. The maximum Gasteiger partial charge on any atom is 0.294 e. The zero-order valence-corrected chi connectivity index (χ0v) is 14.2. The quantitative estimate of drug-likeness (QED) is 0.711. The van der Waals surface area contributed by atoms with Gasteiger partial charge in [-0.3, -0.25) is 9.35 Å². The van der Waals surface area contributed by atoms with Crippen molar-refractivity contribution in [2.24, 2.45) is 11.7 Å². The third-order valence-electron chi connectivity index (χ3n) is 3.27. The van der Waals surface area contributed by atoms with Crippen LogP contribution >= 0.6 is 0 Å². The second-order valence-electron chi connectivity index (χ2n) is 5.99. The highest BCUT2D eigenvalue weighted by Crippen LogP contribution is 2.19. The molecular formula is C16H23NO5S. The predicted molar refractivity (Wildman–Crippen MR) is 88.5 cm³/mol. The predicted octanol–water partition coefficient (Wildman–Crippen LogP) is 1.57. The van der Waals surface area contributed by atoms with E-state index in [4.69, 9.17) is 10.3 Å². The van der Waals surface area contributed by atoms with Crippen molar-refractivity contribution in [1.82, 2.24) is 0 Å². The number of hydrogen-bond donors (Lipinski definition) is 3. The standard InChI is InChI=1S/C9H15NO2.C7H8O3S/c1-5(2)3-7(10)9(12)6-4-8(6)11;1-6-2-4-7(5-3-6)11(8,9)10/h4-5,7,9,12H,3,10H2,1-2H3;2-5H,1H3,(H,8,9,10)/t7-,9-;/m0./s1. The van der Waals surface area contributed by atoms with Crippen LogP contribution in [0.4, 0.5) is 0 Å². The van der Waals surface area contributed by atoms with Crippen LogP contribution in [0.5, 0.6) is 0 Å². The van der Waals surface area contributed by atoms with Gasteiger partial charge in [0, 0.05) is 11.6 Å². The van der Waals surface area contributed by atoms with E-state index in [0.29, 0.717) is 11.5 Å². The summed E-state index contributed by atoms with van der Waals surface area (Å²) in [6.07, 6.45) is -0.00824.